The van der Waals surface area contributed by atoms with Crippen molar-refractivity contribution in [3.8, 4) is 0 Å². The molecule has 0 spiro atoms. The first-order valence-corrected chi connectivity index (χ1v) is 9.81. The molecule has 0 heterocycles. The van der Waals surface area contributed by atoms with E-state index in [-0.39, 0.29) is 17.1 Å². The maximum absolute atomic E-state index is 10.3. The number of nitrogen functional groups attached to an aromatic ring is 1. The second-order valence-corrected chi connectivity index (χ2v) is 8.41. The topological polar surface area (TPSA) is 146 Å². The van der Waals surface area contributed by atoms with Gasteiger partial charge in [0.05, 0.1) is 9.85 Å². The first-order valence-electron chi connectivity index (χ1n) is 6.67. The summed E-state index contributed by atoms with van der Waals surface area (Å²) < 4.78 is 18.3. The highest BCUT2D eigenvalue weighted by molar-refractivity contribution is 8.31. The Morgan fingerprint density at radius 3 is 1.81 bits per heavy atom. The third kappa shape index (κ3) is 10.4. The van der Waals surface area contributed by atoms with Crippen molar-refractivity contribution >= 4 is 46.7 Å². The van der Waals surface area contributed by atoms with Gasteiger partial charge in [-0.3, -0.25) is 20.2 Å². The van der Waals surface area contributed by atoms with Gasteiger partial charge < -0.3 is 5.73 Å². The average Bonchev–Trinajstić information content (AvgIpc) is 2.48. The molecule has 2 aromatic rings. The molecule has 2 N–H and O–H groups in total. The number of halogens is 2. The lowest BCUT2D eigenvalue weighted by Gasteiger charge is -1.98. The minimum absolute atomic E-state index is 0.0231. The second-order valence-electron chi connectivity index (χ2n) is 4.74. The fourth-order valence-electron chi connectivity index (χ4n) is 1.57. The number of aryl methyl sites for hydroxylation is 2. The molecule has 0 unspecified atom stereocenters. The molecule has 0 aliphatic heterocycles. The van der Waals surface area contributed by atoms with E-state index in [2.05, 4.69) is 21.4 Å². The predicted molar refractivity (Wildman–Crippen MR) is 101 cm³/mol. The van der Waals surface area contributed by atoms with Gasteiger partial charge in [0.2, 0.25) is 0 Å². The van der Waals surface area contributed by atoms with Crippen LogP contribution in [-0.2, 0) is 8.26 Å². The van der Waals surface area contributed by atoms with Crippen LogP contribution in [0.3, 0.4) is 0 Å². The van der Waals surface area contributed by atoms with Gasteiger partial charge in [0.25, 0.3) is 11.4 Å². The Morgan fingerprint density at radius 2 is 1.46 bits per heavy atom. The van der Waals surface area contributed by atoms with Gasteiger partial charge >= 0.3 is 8.26 Å². The third-order valence-corrected chi connectivity index (χ3v) is 2.71. The van der Waals surface area contributed by atoms with Crippen molar-refractivity contribution in [3.05, 3.63) is 73.8 Å². The van der Waals surface area contributed by atoms with Crippen molar-refractivity contribution in [3.63, 3.8) is 0 Å². The van der Waals surface area contributed by atoms with E-state index in [0.29, 0.717) is 0 Å². The van der Waals surface area contributed by atoms with Crippen LogP contribution < -0.4 is 5.73 Å². The molecule has 0 bridgehead atoms. The van der Waals surface area contributed by atoms with Gasteiger partial charge in [-0.05, 0) is 25.0 Å². The summed E-state index contributed by atoms with van der Waals surface area (Å²) in [4.78, 5) is 19.6. The zero-order chi connectivity index (χ0) is 20.5. The summed E-state index contributed by atoms with van der Waals surface area (Å²) in [6.07, 6.45) is 0. The first kappa shape index (κ1) is 23.6. The molecule has 0 fully saturated rings. The van der Waals surface area contributed by atoms with Gasteiger partial charge in [0.1, 0.15) is 5.69 Å². The Morgan fingerprint density at radius 1 is 0.962 bits per heavy atom. The normalized spacial score (nSPS) is 9.85. The lowest BCUT2D eigenvalue weighted by Crippen LogP contribution is -1.96. The highest BCUT2D eigenvalue weighted by Crippen LogP contribution is 2.23. The zero-order valence-electron chi connectivity index (χ0n) is 13.6. The van der Waals surface area contributed by atoms with Crippen LogP contribution >= 0.6 is 21.4 Å². The van der Waals surface area contributed by atoms with Crippen molar-refractivity contribution < 1.29 is 18.3 Å². The lowest BCUT2D eigenvalue weighted by atomic mass is 10.2. The van der Waals surface area contributed by atoms with E-state index >= 15 is 0 Å². The van der Waals surface area contributed by atoms with Crippen molar-refractivity contribution in [1.29, 1.82) is 0 Å². The number of hydrogen-bond donors (Lipinski definition) is 1. The van der Waals surface area contributed by atoms with E-state index in [0.717, 1.165) is 11.1 Å². The van der Waals surface area contributed by atoms with Gasteiger partial charge in [0.15, 0.2) is 0 Å². The minimum Gasteiger partial charge on any atom is -0.393 e. The monoisotopic (exact) mass is 423 g/mol. The van der Waals surface area contributed by atoms with Crippen molar-refractivity contribution in [2.24, 2.45) is 0 Å². The molecular formula is C14H15Cl2N3O6S. The summed E-state index contributed by atoms with van der Waals surface area (Å²) in [7, 11) is 4.81. The number of para-hydroxylation sites is 1. The standard InChI is InChI=1S/C7H8N2O2.C7H7NO2.Cl2O2S/c1-5-3-2-4-6(7(5)8)9(10)11;1-6-3-2-4-7(5-6)8(9)10;1-5(2,3)4/h2-4H,8H2,1H3;2-5H,1H3;. The van der Waals surface area contributed by atoms with Crippen LogP contribution in [-0.4, -0.2) is 18.3 Å². The number of rotatable bonds is 2. The van der Waals surface area contributed by atoms with Gasteiger partial charge in [-0.15, -0.1) is 0 Å². The highest BCUT2D eigenvalue weighted by atomic mass is 36.0. The largest absolute Gasteiger partial charge is 0.393 e. The van der Waals surface area contributed by atoms with E-state index in [9.17, 15) is 20.2 Å². The minimum atomic E-state index is -3.72. The maximum atomic E-state index is 10.3. The van der Waals surface area contributed by atoms with Crippen LogP contribution in [0.5, 0.6) is 0 Å². The highest BCUT2D eigenvalue weighted by Gasteiger charge is 2.10. The van der Waals surface area contributed by atoms with Crippen LogP contribution in [0.1, 0.15) is 11.1 Å². The molecule has 0 atom stereocenters. The number of benzene rings is 2. The molecule has 0 amide bonds. The second kappa shape index (κ2) is 10.5. The zero-order valence-corrected chi connectivity index (χ0v) is 16.0. The summed E-state index contributed by atoms with van der Waals surface area (Å²) >= 11 is 0. The molecule has 2 aromatic carbocycles. The maximum Gasteiger partial charge on any atom is 0.317 e. The summed E-state index contributed by atoms with van der Waals surface area (Å²) in [5.41, 5.74) is 7.47. The quantitative estimate of drug-likeness (QED) is 0.330. The number of nitrogens with two attached hydrogens (primary N) is 1. The van der Waals surface area contributed by atoms with E-state index in [1.54, 1.807) is 31.2 Å². The SMILES string of the molecule is Cc1cccc([N+](=O)[O-])c1.Cc1cccc([N+](=O)[O-])c1N.O=S(=O)(Cl)Cl. The number of nitro groups is 2. The number of non-ortho nitro benzene ring substituents is 1. The predicted octanol–water partition coefficient (Wildman–Crippen LogP) is 4.10. The van der Waals surface area contributed by atoms with Crippen molar-refractivity contribution in [2.75, 3.05) is 5.73 Å². The van der Waals surface area contributed by atoms with Gasteiger partial charge in [-0.2, -0.15) is 8.42 Å². The fourth-order valence-corrected chi connectivity index (χ4v) is 1.57. The number of nitro benzene ring substituents is 2. The molecule has 0 aliphatic rings. The molecule has 12 heteroatoms. The molecule has 2 rings (SSSR count). The molecule has 26 heavy (non-hydrogen) atoms. The summed E-state index contributed by atoms with van der Waals surface area (Å²) in [5, 5.41) is 20.5. The first-order chi connectivity index (χ1) is 11.8. The fraction of sp³-hybridized carbons (Fsp3) is 0.143. The molecular weight excluding hydrogens is 409 g/mol. The number of hydrogen-bond acceptors (Lipinski definition) is 7. The van der Waals surface area contributed by atoms with E-state index in [1.807, 2.05) is 13.0 Å². The smallest absolute Gasteiger partial charge is 0.317 e. The van der Waals surface area contributed by atoms with Crippen LogP contribution in [0.2, 0.25) is 0 Å². The molecule has 0 aromatic heterocycles. The Labute approximate surface area is 158 Å². The van der Waals surface area contributed by atoms with Gasteiger partial charge in [-0.25, -0.2) is 0 Å². The summed E-state index contributed by atoms with van der Waals surface area (Å²) in [5.74, 6) is 0. The van der Waals surface area contributed by atoms with E-state index in [1.165, 1.54) is 12.1 Å². The third-order valence-electron chi connectivity index (χ3n) is 2.71. The van der Waals surface area contributed by atoms with Gasteiger partial charge in [-0.1, -0.05) is 24.3 Å². The van der Waals surface area contributed by atoms with E-state index < -0.39 is 18.1 Å². The molecule has 9 nitrogen and oxygen atoms in total. The molecule has 142 valence electrons. The number of anilines is 1. The molecule has 0 saturated heterocycles. The van der Waals surface area contributed by atoms with Crippen LogP contribution in [0.25, 0.3) is 0 Å². The average molecular weight is 424 g/mol. The Hall–Kier alpha value is -2.43. The van der Waals surface area contributed by atoms with Crippen LogP contribution in [0.4, 0.5) is 17.1 Å². The van der Waals surface area contributed by atoms with E-state index in [4.69, 9.17) is 14.2 Å². The van der Waals surface area contributed by atoms with Crippen molar-refractivity contribution in [2.45, 2.75) is 13.8 Å². The Bertz CT molecular complexity index is 882. The van der Waals surface area contributed by atoms with Crippen LogP contribution in [0, 0.1) is 34.1 Å². The molecule has 0 radical (unpaired) electrons. The Kier molecular flexibility index (Phi) is 9.55. The summed E-state index contributed by atoms with van der Waals surface area (Å²) in [6.45, 7) is 3.56. The lowest BCUT2D eigenvalue weighted by molar-refractivity contribution is -0.384. The van der Waals surface area contributed by atoms with Gasteiger partial charge in [0, 0.05) is 39.6 Å². The van der Waals surface area contributed by atoms with Crippen molar-refractivity contribution in [1.82, 2.24) is 0 Å². The Balaban J connectivity index is 0.000000387. The molecule has 0 saturated carbocycles. The summed E-state index contributed by atoms with van der Waals surface area (Å²) in [6, 6.07) is 11.3. The molecule has 0 aliphatic carbocycles. The van der Waals surface area contributed by atoms with Crippen LogP contribution in [0.15, 0.2) is 42.5 Å². The number of nitrogens with zero attached hydrogens (tertiary/aromatic N) is 2.